The van der Waals surface area contributed by atoms with Gasteiger partial charge in [0.05, 0.1) is 0 Å². The molecule has 0 unspecified atom stereocenters. The summed E-state index contributed by atoms with van der Waals surface area (Å²) in [5.74, 6) is -0.228. The van der Waals surface area contributed by atoms with Crippen LogP contribution in [0.3, 0.4) is 0 Å². The minimum absolute atomic E-state index is 0. The van der Waals surface area contributed by atoms with E-state index in [1.54, 1.807) is 12.1 Å². The molecule has 0 amide bonds. The highest BCUT2D eigenvalue weighted by molar-refractivity contribution is 6.31. The maximum Gasteiger partial charge on any atom is 0.129 e. The molecule has 0 aliphatic carbocycles. The molecule has 2 nitrogen and oxygen atoms in total. The van der Waals surface area contributed by atoms with E-state index in [9.17, 15) is 4.39 Å². The fourth-order valence-electron chi connectivity index (χ4n) is 1.97. The van der Waals surface area contributed by atoms with Gasteiger partial charge in [-0.2, -0.15) is 0 Å². The van der Waals surface area contributed by atoms with E-state index in [0.717, 1.165) is 25.9 Å². The van der Waals surface area contributed by atoms with E-state index < -0.39 is 0 Å². The molecule has 0 aromatic heterocycles. The van der Waals surface area contributed by atoms with Crippen LogP contribution in [0, 0.1) is 5.82 Å². The third kappa shape index (κ3) is 4.90. The van der Waals surface area contributed by atoms with Gasteiger partial charge in [-0.05, 0) is 38.1 Å². The van der Waals surface area contributed by atoms with E-state index in [0.29, 0.717) is 23.2 Å². The van der Waals surface area contributed by atoms with Crippen molar-refractivity contribution in [3.05, 3.63) is 34.6 Å². The summed E-state index contributed by atoms with van der Waals surface area (Å²) in [6.45, 7) is 2.57. The second kappa shape index (κ2) is 8.94. The van der Waals surface area contributed by atoms with Gasteiger partial charge in [0.2, 0.25) is 0 Å². The average molecular weight is 316 g/mol. The van der Waals surface area contributed by atoms with Crippen LogP contribution in [-0.2, 0) is 6.54 Å². The van der Waals surface area contributed by atoms with Gasteiger partial charge in [-0.25, -0.2) is 4.39 Å². The monoisotopic (exact) mass is 314 g/mol. The molecule has 0 radical (unpaired) electrons. The van der Waals surface area contributed by atoms with Gasteiger partial charge in [0.1, 0.15) is 5.82 Å². The predicted octanol–water partition coefficient (Wildman–Crippen LogP) is 3.16. The Hall–Kier alpha value is -0.0600. The third-order valence-corrected chi connectivity index (χ3v) is 3.32. The normalized spacial score (nSPS) is 15.7. The summed E-state index contributed by atoms with van der Waals surface area (Å²) in [4.78, 5) is 0. The Bertz CT molecular complexity index is 337. The third-order valence-electron chi connectivity index (χ3n) is 2.97. The number of halogens is 4. The second-order valence-electron chi connectivity index (χ2n) is 4.11. The number of hydrogen-bond donors (Lipinski definition) is 2. The van der Waals surface area contributed by atoms with Gasteiger partial charge in [0.25, 0.3) is 0 Å². The van der Waals surface area contributed by atoms with Crippen LogP contribution in [0.5, 0.6) is 0 Å². The average Bonchev–Trinajstić information content (AvgIpc) is 2.30. The molecule has 18 heavy (non-hydrogen) atoms. The van der Waals surface area contributed by atoms with Gasteiger partial charge in [0.15, 0.2) is 0 Å². The second-order valence-corrected chi connectivity index (χ2v) is 4.51. The molecular formula is C12H18Cl3FN2. The molecule has 2 rings (SSSR count). The fourth-order valence-corrected chi connectivity index (χ4v) is 2.20. The first-order valence-corrected chi connectivity index (χ1v) is 6.02. The SMILES string of the molecule is Cl.Cl.Fc1cccc(Cl)c1CNC1CCNCC1. The first-order valence-electron chi connectivity index (χ1n) is 5.64. The molecule has 104 valence electrons. The zero-order valence-corrected chi connectivity index (χ0v) is 12.3. The Morgan fingerprint density at radius 2 is 1.94 bits per heavy atom. The van der Waals surface area contributed by atoms with Crippen molar-refractivity contribution in [2.75, 3.05) is 13.1 Å². The van der Waals surface area contributed by atoms with Crippen LogP contribution in [0.4, 0.5) is 4.39 Å². The maximum atomic E-state index is 13.5. The standard InChI is InChI=1S/C12H16ClFN2.2ClH/c13-11-2-1-3-12(14)10(11)8-16-9-4-6-15-7-5-9;;/h1-3,9,15-16H,4-8H2;2*1H. The van der Waals surface area contributed by atoms with Crippen LogP contribution in [0.1, 0.15) is 18.4 Å². The Labute approximate surface area is 124 Å². The van der Waals surface area contributed by atoms with Crippen molar-refractivity contribution >= 4 is 36.4 Å². The molecule has 1 heterocycles. The van der Waals surface area contributed by atoms with Crippen LogP contribution in [0.25, 0.3) is 0 Å². The lowest BCUT2D eigenvalue weighted by Crippen LogP contribution is -2.39. The van der Waals surface area contributed by atoms with Gasteiger partial charge in [-0.1, -0.05) is 17.7 Å². The number of benzene rings is 1. The molecule has 2 N–H and O–H groups in total. The van der Waals surface area contributed by atoms with Gasteiger partial charge in [-0.3, -0.25) is 0 Å². The summed E-state index contributed by atoms with van der Waals surface area (Å²) in [7, 11) is 0. The zero-order chi connectivity index (χ0) is 11.4. The maximum absolute atomic E-state index is 13.5. The number of rotatable bonds is 3. The van der Waals surface area contributed by atoms with Crippen molar-refractivity contribution < 1.29 is 4.39 Å². The Morgan fingerprint density at radius 3 is 2.56 bits per heavy atom. The molecule has 0 atom stereocenters. The van der Waals surface area contributed by atoms with E-state index in [1.165, 1.54) is 6.07 Å². The van der Waals surface area contributed by atoms with Crippen LogP contribution >= 0.6 is 36.4 Å². The van der Waals surface area contributed by atoms with Crippen molar-refractivity contribution in [3.8, 4) is 0 Å². The predicted molar refractivity (Wildman–Crippen MR) is 78.6 cm³/mol. The van der Waals surface area contributed by atoms with Crippen LogP contribution < -0.4 is 10.6 Å². The molecule has 1 aliphatic rings. The van der Waals surface area contributed by atoms with E-state index in [-0.39, 0.29) is 30.6 Å². The van der Waals surface area contributed by atoms with Crippen molar-refractivity contribution in [2.45, 2.75) is 25.4 Å². The van der Waals surface area contributed by atoms with Gasteiger partial charge < -0.3 is 10.6 Å². The summed E-state index contributed by atoms with van der Waals surface area (Å²) < 4.78 is 13.5. The molecule has 1 fully saturated rings. The topological polar surface area (TPSA) is 24.1 Å². The van der Waals surface area contributed by atoms with E-state index in [1.807, 2.05) is 0 Å². The largest absolute Gasteiger partial charge is 0.317 e. The first-order chi connectivity index (χ1) is 7.77. The summed E-state index contributed by atoms with van der Waals surface area (Å²) in [6.07, 6.45) is 2.18. The highest BCUT2D eigenvalue weighted by atomic mass is 35.5. The van der Waals surface area contributed by atoms with Crippen LogP contribution in [0.15, 0.2) is 18.2 Å². The Morgan fingerprint density at radius 1 is 1.28 bits per heavy atom. The molecule has 6 heteroatoms. The zero-order valence-electron chi connectivity index (χ0n) is 9.92. The number of piperidine rings is 1. The minimum Gasteiger partial charge on any atom is -0.317 e. The molecule has 0 spiro atoms. The summed E-state index contributed by atoms with van der Waals surface area (Å²) in [6, 6.07) is 5.28. The molecule has 1 aromatic rings. The molecule has 1 saturated heterocycles. The highest BCUT2D eigenvalue weighted by Gasteiger charge is 2.13. The molecule has 0 bridgehead atoms. The molecule has 0 saturated carbocycles. The minimum atomic E-state index is -0.228. The van der Waals surface area contributed by atoms with Crippen molar-refractivity contribution in [1.82, 2.24) is 10.6 Å². The summed E-state index contributed by atoms with van der Waals surface area (Å²) >= 11 is 5.95. The molecule has 1 aromatic carbocycles. The van der Waals surface area contributed by atoms with Gasteiger partial charge in [-0.15, -0.1) is 24.8 Å². The van der Waals surface area contributed by atoms with E-state index in [4.69, 9.17) is 11.6 Å². The van der Waals surface area contributed by atoms with Gasteiger partial charge in [0, 0.05) is 23.2 Å². The quantitative estimate of drug-likeness (QED) is 0.895. The first kappa shape index (κ1) is 17.9. The highest BCUT2D eigenvalue weighted by Crippen LogP contribution is 2.19. The molecular weight excluding hydrogens is 298 g/mol. The smallest absolute Gasteiger partial charge is 0.129 e. The Kier molecular flexibility index (Phi) is 8.91. The van der Waals surface area contributed by atoms with Gasteiger partial charge >= 0.3 is 0 Å². The lowest BCUT2D eigenvalue weighted by atomic mass is 10.1. The van der Waals surface area contributed by atoms with Crippen molar-refractivity contribution in [3.63, 3.8) is 0 Å². The summed E-state index contributed by atoms with van der Waals surface area (Å²) in [5.41, 5.74) is 0.572. The molecule has 1 aliphatic heterocycles. The summed E-state index contributed by atoms with van der Waals surface area (Å²) in [5, 5.41) is 7.15. The lowest BCUT2D eigenvalue weighted by molar-refractivity contribution is 0.384. The Balaban J connectivity index is 0.00000144. The van der Waals surface area contributed by atoms with Crippen molar-refractivity contribution in [2.24, 2.45) is 0 Å². The van der Waals surface area contributed by atoms with Crippen LogP contribution in [0.2, 0.25) is 5.02 Å². The van der Waals surface area contributed by atoms with Crippen LogP contribution in [-0.4, -0.2) is 19.1 Å². The van der Waals surface area contributed by atoms with E-state index in [2.05, 4.69) is 10.6 Å². The lowest BCUT2D eigenvalue weighted by Gasteiger charge is -2.24. The number of nitrogens with one attached hydrogen (secondary N) is 2. The number of hydrogen-bond acceptors (Lipinski definition) is 2. The fraction of sp³-hybridized carbons (Fsp3) is 0.500. The van der Waals surface area contributed by atoms with Crippen molar-refractivity contribution in [1.29, 1.82) is 0 Å². The van der Waals surface area contributed by atoms with E-state index >= 15 is 0 Å².